The molecule has 1 aliphatic rings. The Labute approximate surface area is 162 Å². The molecule has 0 unspecified atom stereocenters. The Balaban J connectivity index is 1.73. The number of benzene rings is 1. The van der Waals surface area contributed by atoms with Crippen molar-refractivity contribution in [2.24, 2.45) is 5.41 Å². The number of aryl methyl sites for hydroxylation is 2. The zero-order valence-corrected chi connectivity index (χ0v) is 16.1. The van der Waals surface area contributed by atoms with Crippen LogP contribution in [0.3, 0.4) is 0 Å². The van der Waals surface area contributed by atoms with Crippen molar-refractivity contribution in [1.82, 2.24) is 9.88 Å². The molecular weight excluding hydrogens is 364 g/mol. The second-order valence-corrected chi connectivity index (χ2v) is 8.15. The molecule has 1 amide bonds. The third-order valence-electron chi connectivity index (χ3n) is 5.27. The van der Waals surface area contributed by atoms with Gasteiger partial charge in [-0.05, 0) is 38.2 Å². The van der Waals surface area contributed by atoms with Gasteiger partial charge in [0.1, 0.15) is 11.1 Å². The Morgan fingerprint density at radius 3 is 2.70 bits per heavy atom. The van der Waals surface area contributed by atoms with Crippen LogP contribution in [0.1, 0.15) is 40.3 Å². The van der Waals surface area contributed by atoms with Crippen LogP contribution in [-0.4, -0.2) is 51.2 Å². The molecule has 2 atom stereocenters. The number of carbonyl (C=O) groups is 2. The number of carboxylic acids is 1. The lowest BCUT2D eigenvalue weighted by Gasteiger charge is -2.43. The van der Waals surface area contributed by atoms with Gasteiger partial charge < -0.3 is 15.1 Å². The van der Waals surface area contributed by atoms with Crippen LogP contribution in [0.25, 0.3) is 0 Å². The van der Waals surface area contributed by atoms with Gasteiger partial charge in [0.2, 0.25) is 0 Å². The fourth-order valence-corrected chi connectivity index (χ4v) is 4.28. The second-order valence-electron chi connectivity index (χ2n) is 7.08. The van der Waals surface area contributed by atoms with Crippen LogP contribution in [0.15, 0.2) is 35.7 Å². The van der Waals surface area contributed by atoms with Crippen LogP contribution < -0.4 is 0 Å². The van der Waals surface area contributed by atoms with Crippen LogP contribution in [-0.2, 0) is 11.2 Å². The third-order valence-corrected chi connectivity index (χ3v) is 6.04. The van der Waals surface area contributed by atoms with Crippen molar-refractivity contribution in [3.8, 4) is 0 Å². The van der Waals surface area contributed by atoms with Gasteiger partial charge in [0.25, 0.3) is 5.91 Å². The summed E-state index contributed by atoms with van der Waals surface area (Å²) in [6, 6.07) is 9.86. The molecule has 144 valence electrons. The molecular formula is C20H24N2O4S. The molecule has 2 heterocycles. The number of piperidine rings is 1. The van der Waals surface area contributed by atoms with E-state index in [4.69, 9.17) is 0 Å². The number of aromatic nitrogens is 1. The number of likely N-dealkylation sites (tertiary alicyclic amines) is 1. The molecule has 1 fully saturated rings. The molecule has 1 aromatic heterocycles. The predicted molar refractivity (Wildman–Crippen MR) is 103 cm³/mol. The van der Waals surface area contributed by atoms with Crippen LogP contribution in [0.5, 0.6) is 0 Å². The van der Waals surface area contributed by atoms with Gasteiger partial charge in [0.05, 0.1) is 11.1 Å². The van der Waals surface area contributed by atoms with E-state index in [2.05, 4.69) is 4.98 Å². The van der Waals surface area contributed by atoms with Crippen LogP contribution in [0.4, 0.5) is 0 Å². The number of nitrogens with zero attached hydrogens (tertiary/aromatic N) is 2. The van der Waals surface area contributed by atoms with Crippen molar-refractivity contribution in [3.63, 3.8) is 0 Å². The first-order valence-corrected chi connectivity index (χ1v) is 9.97. The highest BCUT2D eigenvalue weighted by molar-refractivity contribution is 7.09. The molecule has 0 saturated carbocycles. The van der Waals surface area contributed by atoms with E-state index in [-0.39, 0.29) is 18.9 Å². The standard InChI is InChI=1S/C20H24N2O4S/c1-14-21-16(12-27-14)18(24)22-11-9-17(23)20(13-22,19(25)26)10-5-8-15-6-3-2-4-7-15/h2-4,6-7,12,17,23H,5,8-11,13H2,1H3,(H,25,26)/t17-,20-/m1/s1. The van der Waals surface area contributed by atoms with E-state index in [9.17, 15) is 19.8 Å². The highest BCUT2D eigenvalue weighted by Gasteiger charge is 2.49. The topological polar surface area (TPSA) is 90.7 Å². The molecule has 0 aliphatic carbocycles. The van der Waals surface area contributed by atoms with Crippen LogP contribution >= 0.6 is 11.3 Å². The Morgan fingerprint density at radius 1 is 1.33 bits per heavy atom. The number of amides is 1. The molecule has 1 saturated heterocycles. The highest BCUT2D eigenvalue weighted by Crippen LogP contribution is 2.36. The van der Waals surface area contributed by atoms with E-state index in [1.165, 1.54) is 16.2 Å². The number of carbonyl (C=O) groups excluding carboxylic acids is 1. The maximum atomic E-state index is 12.7. The molecule has 3 rings (SSSR count). The molecule has 1 aliphatic heterocycles. The number of aliphatic hydroxyl groups excluding tert-OH is 1. The maximum Gasteiger partial charge on any atom is 0.314 e. The fourth-order valence-electron chi connectivity index (χ4n) is 3.69. The molecule has 27 heavy (non-hydrogen) atoms. The Kier molecular flexibility index (Phi) is 5.92. The van der Waals surface area contributed by atoms with Crippen molar-refractivity contribution < 1.29 is 19.8 Å². The van der Waals surface area contributed by atoms with Gasteiger partial charge in [-0.2, -0.15) is 0 Å². The summed E-state index contributed by atoms with van der Waals surface area (Å²) in [5.74, 6) is -1.31. The number of hydrogen-bond donors (Lipinski definition) is 2. The molecule has 1 aromatic carbocycles. The number of hydrogen-bond acceptors (Lipinski definition) is 5. The minimum Gasteiger partial charge on any atom is -0.481 e. The number of aliphatic hydroxyl groups is 1. The summed E-state index contributed by atoms with van der Waals surface area (Å²) in [7, 11) is 0. The van der Waals surface area contributed by atoms with Crippen LogP contribution in [0.2, 0.25) is 0 Å². The van der Waals surface area contributed by atoms with Gasteiger partial charge in [-0.25, -0.2) is 4.98 Å². The van der Waals surface area contributed by atoms with E-state index in [0.717, 1.165) is 17.0 Å². The van der Waals surface area contributed by atoms with Gasteiger partial charge >= 0.3 is 5.97 Å². The minimum absolute atomic E-state index is 0.00764. The summed E-state index contributed by atoms with van der Waals surface area (Å²) in [6.07, 6.45) is 0.977. The van der Waals surface area contributed by atoms with E-state index >= 15 is 0 Å². The Bertz CT molecular complexity index is 807. The molecule has 6 nitrogen and oxygen atoms in total. The van der Waals surface area contributed by atoms with Crippen molar-refractivity contribution in [2.45, 2.75) is 38.7 Å². The summed E-state index contributed by atoms with van der Waals surface area (Å²) < 4.78 is 0. The van der Waals surface area contributed by atoms with Gasteiger partial charge in [0.15, 0.2) is 0 Å². The molecule has 2 aromatic rings. The zero-order valence-electron chi connectivity index (χ0n) is 15.3. The summed E-state index contributed by atoms with van der Waals surface area (Å²) in [6.45, 7) is 2.17. The van der Waals surface area contributed by atoms with Crippen molar-refractivity contribution in [2.75, 3.05) is 13.1 Å². The summed E-state index contributed by atoms with van der Waals surface area (Å²) in [5, 5.41) is 22.9. The number of thiazole rings is 1. The van der Waals surface area contributed by atoms with Crippen molar-refractivity contribution >= 4 is 23.2 Å². The Hall–Kier alpha value is -2.25. The second kappa shape index (κ2) is 8.19. The Morgan fingerprint density at radius 2 is 2.07 bits per heavy atom. The van der Waals surface area contributed by atoms with E-state index < -0.39 is 17.5 Å². The minimum atomic E-state index is -1.34. The lowest BCUT2D eigenvalue weighted by atomic mass is 9.73. The molecule has 0 bridgehead atoms. The van der Waals surface area contributed by atoms with Gasteiger partial charge in [-0.3, -0.25) is 9.59 Å². The lowest BCUT2D eigenvalue weighted by Crippen LogP contribution is -2.57. The fraction of sp³-hybridized carbons (Fsp3) is 0.450. The van der Waals surface area contributed by atoms with Gasteiger partial charge in [-0.1, -0.05) is 30.3 Å². The maximum absolute atomic E-state index is 12.7. The van der Waals surface area contributed by atoms with E-state index in [1.807, 2.05) is 37.3 Å². The van der Waals surface area contributed by atoms with Crippen LogP contribution in [0, 0.1) is 12.3 Å². The zero-order chi connectivity index (χ0) is 19.4. The summed E-state index contributed by atoms with van der Waals surface area (Å²) in [4.78, 5) is 30.6. The molecule has 7 heteroatoms. The average Bonchev–Trinajstić information content (AvgIpc) is 3.10. The largest absolute Gasteiger partial charge is 0.481 e. The normalized spacial score (nSPS) is 22.6. The summed E-state index contributed by atoms with van der Waals surface area (Å²) in [5.41, 5.74) is 0.139. The molecule has 0 radical (unpaired) electrons. The smallest absolute Gasteiger partial charge is 0.314 e. The first-order valence-electron chi connectivity index (χ1n) is 9.09. The number of carboxylic acid groups (broad SMARTS) is 1. The molecule has 2 N–H and O–H groups in total. The number of rotatable bonds is 6. The average molecular weight is 388 g/mol. The predicted octanol–water partition coefficient (Wildman–Crippen LogP) is 2.75. The van der Waals surface area contributed by atoms with E-state index in [1.54, 1.807) is 5.38 Å². The number of aliphatic carboxylic acids is 1. The summed E-state index contributed by atoms with van der Waals surface area (Å²) >= 11 is 1.39. The van der Waals surface area contributed by atoms with Crippen molar-refractivity contribution in [1.29, 1.82) is 0 Å². The highest BCUT2D eigenvalue weighted by atomic mass is 32.1. The molecule has 0 spiro atoms. The van der Waals surface area contributed by atoms with Gasteiger partial charge in [-0.15, -0.1) is 11.3 Å². The first-order chi connectivity index (χ1) is 12.9. The first kappa shape index (κ1) is 19.5. The van der Waals surface area contributed by atoms with Gasteiger partial charge in [0, 0.05) is 18.5 Å². The quantitative estimate of drug-likeness (QED) is 0.794. The van der Waals surface area contributed by atoms with Crippen molar-refractivity contribution in [3.05, 3.63) is 52.0 Å². The van der Waals surface area contributed by atoms with E-state index in [0.29, 0.717) is 25.1 Å². The lowest BCUT2D eigenvalue weighted by molar-refractivity contribution is -0.162. The monoisotopic (exact) mass is 388 g/mol. The third kappa shape index (κ3) is 4.20. The SMILES string of the molecule is Cc1nc(C(=O)N2CC[C@@H](O)[C@](CCCc3ccccc3)(C(=O)O)C2)cs1.